The molecule has 11 nitrogen and oxygen atoms in total. The summed E-state index contributed by atoms with van der Waals surface area (Å²) in [5.74, 6) is 0.329. The lowest BCUT2D eigenvalue weighted by Crippen LogP contribution is -2.22. The van der Waals surface area contributed by atoms with Crippen molar-refractivity contribution in [2.24, 2.45) is 13.0 Å². The quantitative estimate of drug-likeness (QED) is 0.427. The monoisotopic (exact) mass is 478 g/mol. The van der Waals surface area contributed by atoms with Crippen molar-refractivity contribution >= 4 is 29.0 Å². The normalized spacial score (nSPS) is 12.8. The molecule has 1 saturated carbocycles. The van der Waals surface area contributed by atoms with Crippen molar-refractivity contribution in [2.75, 3.05) is 24.8 Å². The Morgan fingerprint density at radius 3 is 2.49 bits per heavy atom. The first kappa shape index (κ1) is 24.1. The largest absolute Gasteiger partial charge is 0.494 e. The second-order valence-electron chi connectivity index (χ2n) is 8.38. The number of nitrogens with one attached hydrogen (secondary N) is 3. The van der Waals surface area contributed by atoms with Crippen molar-refractivity contribution in [3.63, 3.8) is 0 Å². The van der Waals surface area contributed by atoms with E-state index in [0.717, 1.165) is 41.8 Å². The van der Waals surface area contributed by atoms with Crippen molar-refractivity contribution in [1.29, 1.82) is 0 Å². The molecule has 0 saturated heterocycles. The van der Waals surface area contributed by atoms with Gasteiger partial charge in [0.2, 0.25) is 5.91 Å². The second kappa shape index (κ2) is 10.1. The van der Waals surface area contributed by atoms with Crippen molar-refractivity contribution in [3.05, 3.63) is 35.2 Å². The van der Waals surface area contributed by atoms with Gasteiger partial charge in [-0.25, -0.2) is 0 Å². The number of amides is 2. The third-order valence-electron chi connectivity index (χ3n) is 5.84. The zero-order valence-electron chi connectivity index (χ0n) is 20.6. The van der Waals surface area contributed by atoms with Gasteiger partial charge in [-0.1, -0.05) is 13.8 Å². The molecule has 1 aromatic carbocycles. The molecule has 1 fully saturated rings. The highest BCUT2D eigenvalue weighted by molar-refractivity contribution is 6.00. The van der Waals surface area contributed by atoms with E-state index >= 15 is 0 Å². The standard InChI is InChI=1S/C24H30N8O3/c1-6-13-10-15(20-16(7-2)30-32(4)31-20)22(35-5)18(11-13)26-17-12-19(27-23(33)14-8-9-14)28-29-21(17)24(34)25-3/h10-12,14H,6-9H2,1-5H3,(H,25,34)(H2,26,27,28,33). The number of ether oxygens (including phenoxy) is 1. The molecule has 184 valence electrons. The number of anilines is 3. The molecule has 0 bridgehead atoms. The minimum absolute atomic E-state index is 0.00968. The first-order valence-electron chi connectivity index (χ1n) is 11.7. The predicted octanol–water partition coefficient (Wildman–Crippen LogP) is 2.86. The van der Waals surface area contributed by atoms with Gasteiger partial charge in [-0.05, 0) is 43.4 Å². The smallest absolute Gasteiger partial charge is 0.273 e. The number of rotatable bonds is 9. The fraction of sp³-hybridized carbons (Fsp3) is 0.417. The molecular weight excluding hydrogens is 448 g/mol. The third-order valence-corrected chi connectivity index (χ3v) is 5.84. The number of aryl methyl sites for hydroxylation is 3. The van der Waals surface area contributed by atoms with Gasteiger partial charge in [0.05, 0.1) is 24.2 Å². The first-order valence-corrected chi connectivity index (χ1v) is 11.7. The van der Waals surface area contributed by atoms with Crippen LogP contribution in [0.3, 0.4) is 0 Å². The van der Waals surface area contributed by atoms with E-state index < -0.39 is 5.91 Å². The fourth-order valence-corrected chi connectivity index (χ4v) is 3.83. The van der Waals surface area contributed by atoms with Crippen molar-refractivity contribution < 1.29 is 14.3 Å². The number of benzene rings is 1. The molecule has 3 N–H and O–H groups in total. The number of hydrogen-bond acceptors (Lipinski definition) is 8. The molecule has 0 atom stereocenters. The van der Waals surface area contributed by atoms with Gasteiger partial charge in [-0.2, -0.15) is 15.0 Å². The Morgan fingerprint density at radius 2 is 1.86 bits per heavy atom. The summed E-state index contributed by atoms with van der Waals surface area (Å²) in [5.41, 5.74) is 4.54. The van der Waals surface area contributed by atoms with Crippen LogP contribution in [0.5, 0.6) is 5.75 Å². The number of carbonyl (C=O) groups is 2. The molecule has 0 unspecified atom stereocenters. The molecule has 4 rings (SSSR count). The highest BCUT2D eigenvalue weighted by Gasteiger charge is 2.30. The van der Waals surface area contributed by atoms with Gasteiger partial charge in [-0.3, -0.25) is 9.59 Å². The maximum atomic E-state index is 12.5. The lowest BCUT2D eigenvalue weighted by atomic mass is 10.0. The SMILES string of the molecule is CCc1cc(Nc2cc(NC(=O)C3CC3)nnc2C(=O)NC)c(OC)c(-c2nn(C)nc2CC)c1. The van der Waals surface area contributed by atoms with Crippen molar-refractivity contribution in [3.8, 4) is 17.0 Å². The fourth-order valence-electron chi connectivity index (χ4n) is 3.83. The first-order chi connectivity index (χ1) is 16.9. The molecule has 35 heavy (non-hydrogen) atoms. The topological polar surface area (TPSA) is 136 Å². The summed E-state index contributed by atoms with van der Waals surface area (Å²) < 4.78 is 5.83. The van der Waals surface area contributed by atoms with E-state index in [9.17, 15) is 9.59 Å². The molecule has 0 aliphatic heterocycles. The molecule has 3 aromatic rings. The Hall–Kier alpha value is -4.02. The molecule has 2 heterocycles. The van der Waals surface area contributed by atoms with E-state index in [4.69, 9.17) is 4.74 Å². The Balaban J connectivity index is 1.81. The molecule has 1 aliphatic carbocycles. The zero-order chi connectivity index (χ0) is 25.1. The summed E-state index contributed by atoms with van der Waals surface area (Å²) in [6.07, 6.45) is 3.22. The minimum atomic E-state index is -0.409. The average molecular weight is 479 g/mol. The van der Waals surface area contributed by atoms with Gasteiger partial charge in [0, 0.05) is 31.6 Å². The summed E-state index contributed by atoms with van der Waals surface area (Å²) in [6, 6.07) is 5.61. The van der Waals surface area contributed by atoms with Gasteiger partial charge >= 0.3 is 0 Å². The highest BCUT2D eigenvalue weighted by atomic mass is 16.5. The summed E-state index contributed by atoms with van der Waals surface area (Å²) in [5, 5.41) is 25.8. The third kappa shape index (κ3) is 5.08. The maximum absolute atomic E-state index is 12.5. The summed E-state index contributed by atoms with van der Waals surface area (Å²) in [4.78, 5) is 26.3. The van der Waals surface area contributed by atoms with Crippen LogP contribution in [-0.4, -0.2) is 51.2 Å². The van der Waals surface area contributed by atoms with Crippen LogP contribution in [0.4, 0.5) is 17.2 Å². The van der Waals surface area contributed by atoms with Crippen LogP contribution in [0, 0.1) is 5.92 Å². The summed E-state index contributed by atoms with van der Waals surface area (Å²) in [6.45, 7) is 4.08. The average Bonchev–Trinajstić information content (AvgIpc) is 3.65. The molecule has 2 amide bonds. The summed E-state index contributed by atoms with van der Waals surface area (Å²) in [7, 11) is 4.89. The molecule has 0 radical (unpaired) electrons. The van der Waals surface area contributed by atoms with Crippen LogP contribution in [0.2, 0.25) is 0 Å². The maximum Gasteiger partial charge on any atom is 0.273 e. The number of nitrogens with zero attached hydrogens (tertiary/aromatic N) is 5. The predicted molar refractivity (Wildman–Crippen MR) is 132 cm³/mol. The van der Waals surface area contributed by atoms with Crippen molar-refractivity contribution in [1.82, 2.24) is 30.5 Å². The van der Waals surface area contributed by atoms with E-state index in [1.165, 1.54) is 7.05 Å². The highest BCUT2D eigenvalue weighted by Crippen LogP contribution is 2.40. The number of carbonyl (C=O) groups excluding carboxylic acids is 2. The van der Waals surface area contributed by atoms with Crippen molar-refractivity contribution in [2.45, 2.75) is 39.5 Å². The Kier molecular flexibility index (Phi) is 6.94. The Bertz CT molecular complexity index is 1270. The number of hydrogen-bond donors (Lipinski definition) is 3. The number of methoxy groups -OCH3 is 1. The van der Waals surface area contributed by atoms with Crippen LogP contribution in [0.25, 0.3) is 11.3 Å². The van der Waals surface area contributed by atoms with Crippen LogP contribution >= 0.6 is 0 Å². The van der Waals surface area contributed by atoms with Gasteiger partial charge in [0.1, 0.15) is 5.69 Å². The van der Waals surface area contributed by atoms with Crippen LogP contribution in [-0.2, 0) is 24.7 Å². The molecular formula is C24H30N8O3. The van der Waals surface area contributed by atoms with Crippen LogP contribution in [0.15, 0.2) is 18.2 Å². The number of aromatic nitrogens is 5. The van der Waals surface area contributed by atoms with Gasteiger partial charge in [0.15, 0.2) is 17.3 Å². The van der Waals surface area contributed by atoms with Crippen LogP contribution < -0.4 is 20.7 Å². The summed E-state index contributed by atoms with van der Waals surface area (Å²) >= 11 is 0. The minimum Gasteiger partial charge on any atom is -0.494 e. The second-order valence-corrected chi connectivity index (χ2v) is 8.38. The van der Waals surface area contributed by atoms with E-state index in [2.05, 4.69) is 43.3 Å². The van der Waals surface area contributed by atoms with E-state index in [1.54, 1.807) is 25.0 Å². The lowest BCUT2D eigenvalue weighted by Gasteiger charge is -2.18. The van der Waals surface area contributed by atoms with E-state index in [1.807, 2.05) is 19.1 Å². The van der Waals surface area contributed by atoms with Gasteiger partial charge < -0.3 is 20.7 Å². The molecule has 1 aliphatic rings. The Morgan fingerprint density at radius 1 is 1.09 bits per heavy atom. The van der Waals surface area contributed by atoms with Gasteiger partial charge in [-0.15, -0.1) is 10.2 Å². The molecule has 0 spiro atoms. The Labute approximate surface area is 203 Å². The molecule has 2 aromatic heterocycles. The van der Waals surface area contributed by atoms with Gasteiger partial charge in [0.25, 0.3) is 5.91 Å². The zero-order valence-corrected chi connectivity index (χ0v) is 20.6. The van der Waals surface area contributed by atoms with Crippen LogP contribution in [0.1, 0.15) is 48.4 Å². The molecule has 11 heteroatoms. The van der Waals surface area contributed by atoms with E-state index in [0.29, 0.717) is 23.5 Å². The van der Waals surface area contributed by atoms with E-state index in [-0.39, 0.29) is 23.3 Å². The lowest BCUT2D eigenvalue weighted by molar-refractivity contribution is -0.117.